The molecule has 5 nitrogen and oxygen atoms in total. The van der Waals surface area contributed by atoms with Crippen LogP contribution in [-0.2, 0) is 4.79 Å². The Morgan fingerprint density at radius 3 is 2.57 bits per heavy atom. The zero-order chi connectivity index (χ0) is 20.4. The van der Waals surface area contributed by atoms with E-state index in [9.17, 15) is 4.79 Å². The number of nitrogens with zero attached hydrogens (tertiary/aromatic N) is 1. The SMILES string of the molecule is COc1cc(/C=C/C(=O)NC(CC(C)C)c2ccccc2)ccc1OCC#N. The number of ether oxygens (including phenoxy) is 2. The van der Waals surface area contributed by atoms with E-state index < -0.39 is 0 Å². The summed E-state index contributed by atoms with van der Waals surface area (Å²) in [5.41, 5.74) is 1.90. The molecule has 0 saturated carbocycles. The lowest BCUT2D eigenvalue weighted by Crippen LogP contribution is -2.27. The molecule has 0 heterocycles. The number of hydrogen-bond donors (Lipinski definition) is 1. The van der Waals surface area contributed by atoms with E-state index in [2.05, 4.69) is 19.2 Å². The Bertz CT molecular complexity index is 839. The van der Waals surface area contributed by atoms with Gasteiger partial charge in [0.15, 0.2) is 18.1 Å². The van der Waals surface area contributed by atoms with Crippen LogP contribution in [0, 0.1) is 17.2 Å². The van der Waals surface area contributed by atoms with E-state index in [1.54, 1.807) is 18.2 Å². The highest BCUT2D eigenvalue weighted by Crippen LogP contribution is 2.28. The van der Waals surface area contributed by atoms with Gasteiger partial charge >= 0.3 is 0 Å². The number of carbonyl (C=O) groups excluding carboxylic acids is 1. The molecule has 2 aromatic carbocycles. The Morgan fingerprint density at radius 1 is 1.18 bits per heavy atom. The fourth-order valence-corrected chi connectivity index (χ4v) is 2.84. The molecule has 0 saturated heterocycles. The summed E-state index contributed by atoms with van der Waals surface area (Å²) < 4.78 is 10.6. The largest absolute Gasteiger partial charge is 0.493 e. The Balaban J connectivity index is 2.08. The van der Waals surface area contributed by atoms with Gasteiger partial charge in [0, 0.05) is 6.08 Å². The van der Waals surface area contributed by atoms with Crippen LogP contribution in [0.5, 0.6) is 11.5 Å². The van der Waals surface area contributed by atoms with Crippen molar-refractivity contribution in [1.82, 2.24) is 5.32 Å². The predicted molar refractivity (Wildman–Crippen MR) is 110 cm³/mol. The van der Waals surface area contributed by atoms with Crippen molar-refractivity contribution in [3.05, 3.63) is 65.7 Å². The van der Waals surface area contributed by atoms with Gasteiger partial charge in [-0.2, -0.15) is 5.26 Å². The molecule has 0 fully saturated rings. The monoisotopic (exact) mass is 378 g/mol. The number of benzene rings is 2. The van der Waals surface area contributed by atoms with Crippen molar-refractivity contribution in [2.75, 3.05) is 13.7 Å². The summed E-state index contributed by atoms with van der Waals surface area (Å²) in [7, 11) is 1.53. The van der Waals surface area contributed by atoms with Crippen LogP contribution in [0.2, 0.25) is 0 Å². The van der Waals surface area contributed by atoms with Crippen LogP contribution in [0.4, 0.5) is 0 Å². The quantitative estimate of drug-likeness (QED) is 0.652. The average molecular weight is 378 g/mol. The fourth-order valence-electron chi connectivity index (χ4n) is 2.84. The zero-order valence-electron chi connectivity index (χ0n) is 16.5. The molecule has 0 bridgehead atoms. The number of nitriles is 1. The van der Waals surface area contributed by atoms with Gasteiger partial charge in [-0.3, -0.25) is 4.79 Å². The van der Waals surface area contributed by atoms with Crippen molar-refractivity contribution in [3.63, 3.8) is 0 Å². The standard InChI is InChI=1S/C23H26N2O3/c1-17(2)15-20(19-7-5-4-6-8-19)25-23(26)12-10-18-9-11-21(28-14-13-24)22(16-18)27-3/h4-12,16-17,20H,14-15H2,1-3H3,(H,25,26)/b12-10+. The third-order valence-corrected chi connectivity index (χ3v) is 4.13. The van der Waals surface area contributed by atoms with E-state index in [1.165, 1.54) is 13.2 Å². The van der Waals surface area contributed by atoms with Crippen molar-refractivity contribution >= 4 is 12.0 Å². The Kier molecular flexibility index (Phi) is 8.11. The van der Waals surface area contributed by atoms with Gasteiger partial charge in [-0.05, 0) is 41.7 Å². The molecule has 1 N–H and O–H groups in total. The van der Waals surface area contributed by atoms with Crippen molar-refractivity contribution in [2.45, 2.75) is 26.3 Å². The van der Waals surface area contributed by atoms with Crippen LogP contribution in [0.15, 0.2) is 54.6 Å². The van der Waals surface area contributed by atoms with Gasteiger partial charge in [0.2, 0.25) is 5.91 Å². The summed E-state index contributed by atoms with van der Waals surface area (Å²) in [6.07, 6.45) is 4.10. The summed E-state index contributed by atoms with van der Waals surface area (Å²) in [6, 6.07) is 17.2. The Labute approximate surface area is 166 Å². The minimum Gasteiger partial charge on any atom is -0.493 e. The Morgan fingerprint density at radius 2 is 1.93 bits per heavy atom. The summed E-state index contributed by atoms with van der Waals surface area (Å²) >= 11 is 0. The van der Waals surface area contributed by atoms with Crippen LogP contribution in [0.3, 0.4) is 0 Å². The molecular formula is C23H26N2O3. The maximum Gasteiger partial charge on any atom is 0.244 e. The van der Waals surface area contributed by atoms with E-state index >= 15 is 0 Å². The zero-order valence-corrected chi connectivity index (χ0v) is 16.5. The van der Waals surface area contributed by atoms with Gasteiger partial charge in [0.1, 0.15) is 6.07 Å². The molecular weight excluding hydrogens is 352 g/mol. The maximum atomic E-state index is 12.5. The van der Waals surface area contributed by atoms with Gasteiger partial charge in [0.05, 0.1) is 13.2 Å². The first-order valence-electron chi connectivity index (χ1n) is 9.24. The van der Waals surface area contributed by atoms with Gasteiger partial charge in [-0.15, -0.1) is 0 Å². The van der Waals surface area contributed by atoms with Crippen molar-refractivity contribution in [1.29, 1.82) is 5.26 Å². The van der Waals surface area contributed by atoms with E-state index in [1.807, 2.05) is 42.5 Å². The Hall–Kier alpha value is -3.26. The molecule has 0 aromatic heterocycles. The second kappa shape index (κ2) is 10.8. The molecule has 5 heteroatoms. The number of nitrogens with one attached hydrogen (secondary N) is 1. The summed E-state index contributed by atoms with van der Waals surface area (Å²) in [4.78, 5) is 12.5. The molecule has 1 atom stereocenters. The highest BCUT2D eigenvalue weighted by Gasteiger charge is 2.14. The van der Waals surface area contributed by atoms with E-state index in [0.717, 1.165) is 17.5 Å². The van der Waals surface area contributed by atoms with Crippen molar-refractivity contribution in [2.24, 2.45) is 5.92 Å². The second-order valence-corrected chi connectivity index (χ2v) is 6.79. The van der Waals surface area contributed by atoms with Crippen LogP contribution in [0.25, 0.3) is 6.08 Å². The molecule has 1 unspecified atom stereocenters. The molecule has 0 spiro atoms. The summed E-state index contributed by atoms with van der Waals surface area (Å²) in [5, 5.41) is 11.7. The molecule has 1 amide bonds. The number of hydrogen-bond acceptors (Lipinski definition) is 4. The summed E-state index contributed by atoms with van der Waals surface area (Å²) in [5.74, 6) is 1.31. The van der Waals surface area contributed by atoms with Crippen LogP contribution < -0.4 is 14.8 Å². The van der Waals surface area contributed by atoms with E-state index in [4.69, 9.17) is 14.7 Å². The van der Waals surface area contributed by atoms with Crippen LogP contribution in [0.1, 0.15) is 37.4 Å². The summed E-state index contributed by atoms with van der Waals surface area (Å²) in [6.45, 7) is 4.23. The normalized spacial score (nSPS) is 11.8. The molecule has 2 rings (SSSR count). The molecule has 28 heavy (non-hydrogen) atoms. The van der Waals surface area contributed by atoms with Gasteiger partial charge in [0.25, 0.3) is 0 Å². The minimum atomic E-state index is -0.154. The van der Waals surface area contributed by atoms with E-state index in [-0.39, 0.29) is 18.6 Å². The first kappa shape index (κ1) is 21.0. The van der Waals surface area contributed by atoms with Crippen molar-refractivity contribution in [3.8, 4) is 17.6 Å². The van der Waals surface area contributed by atoms with Gasteiger partial charge in [-0.25, -0.2) is 0 Å². The van der Waals surface area contributed by atoms with Crippen LogP contribution in [-0.4, -0.2) is 19.6 Å². The first-order chi connectivity index (χ1) is 13.5. The third-order valence-electron chi connectivity index (χ3n) is 4.13. The minimum absolute atomic E-state index is 0.0327. The molecule has 0 aliphatic carbocycles. The lowest BCUT2D eigenvalue weighted by atomic mass is 9.97. The topological polar surface area (TPSA) is 71.3 Å². The second-order valence-electron chi connectivity index (χ2n) is 6.79. The van der Waals surface area contributed by atoms with Gasteiger partial charge < -0.3 is 14.8 Å². The number of amides is 1. The lowest BCUT2D eigenvalue weighted by Gasteiger charge is -2.20. The number of methoxy groups -OCH3 is 1. The number of rotatable bonds is 9. The first-order valence-corrected chi connectivity index (χ1v) is 9.24. The highest BCUT2D eigenvalue weighted by atomic mass is 16.5. The molecule has 2 aromatic rings. The van der Waals surface area contributed by atoms with Crippen molar-refractivity contribution < 1.29 is 14.3 Å². The third kappa shape index (κ3) is 6.48. The van der Waals surface area contributed by atoms with Gasteiger partial charge in [-0.1, -0.05) is 50.2 Å². The molecule has 0 radical (unpaired) electrons. The lowest BCUT2D eigenvalue weighted by molar-refractivity contribution is -0.117. The van der Waals surface area contributed by atoms with Crippen LogP contribution >= 0.6 is 0 Å². The number of carbonyl (C=O) groups is 1. The molecule has 0 aliphatic rings. The smallest absolute Gasteiger partial charge is 0.244 e. The average Bonchev–Trinajstić information content (AvgIpc) is 2.70. The fraction of sp³-hybridized carbons (Fsp3) is 0.304. The predicted octanol–water partition coefficient (Wildman–Crippen LogP) is 4.51. The maximum absolute atomic E-state index is 12.5. The molecule has 146 valence electrons. The highest BCUT2D eigenvalue weighted by molar-refractivity contribution is 5.92. The van der Waals surface area contributed by atoms with E-state index in [0.29, 0.717) is 17.4 Å². The molecule has 0 aliphatic heterocycles.